The zero-order valence-electron chi connectivity index (χ0n) is 10.2. The number of esters is 2. The lowest BCUT2D eigenvalue weighted by Crippen LogP contribution is -2.22. The molecule has 2 aromatic rings. The molecule has 0 unspecified atom stereocenters. The fourth-order valence-corrected chi connectivity index (χ4v) is 2.41. The fourth-order valence-electron chi connectivity index (χ4n) is 2.41. The van der Waals surface area contributed by atoms with Crippen molar-refractivity contribution in [3.8, 4) is 0 Å². The van der Waals surface area contributed by atoms with Crippen LogP contribution in [-0.2, 0) is 4.74 Å². The number of aromatic carboxylic acids is 2. The highest BCUT2D eigenvalue weighted by atomic mass is 16.6. The number of carbonyl (C=O) groups is 4. The molecule has 21 heavy (non-hydrogen) atoms. The Kier molecular flexibility index (Phi) is 2.52. The molecule has 0 fully saturated rings. The molecule has 0 aromatic heterocycles. The van der Waals surface area contributed by atoms with Crippen molar-refractivity contribution in [3.63, 3.8) is 0 Å². The summed E-state index contributed by atoms with van der Waals surface area (Å²) in [5.41, 5.74) is -1.11. The molecule has 0 saturated carbocycles. The standard InChI is InChI=1S/C14H6O7/c15-11(16)7-4-8-9-5(10(7)12(17)18)2-1-3-6(9)13(19)21-14(8)20/h1-4H,(H,15,16)(H,17,18). The first-order valence-electron chi connectivity index (χ1n) is 5.74. The Bertz CT molecular complexity index is 863. The smallest absolute Gasteiger partial charge is 0.346 e. The molecule has 7 nitrogen and oxygen atoms in total. The summed E-state index contributed by atoms with van der Waals surface area (Å²) in [5, 5.41) is 18.5. The highest BCUT2D eigenvalue weighted by molar-refractivity contribution is 6.25. The van der Waals surface area contributed by atoms with E-state index in [4.69, 9.17) is 5.11 Å². The van der Waals surface area contributed by atoms with Crippen molar-refractivity contribution in [2.24, 2.45) is 0 Å². The topological polar surface area (TPSA) is 118 Å². The van der Waals surface area contributed by atoms with Gasteiger partial charge in [-0.1, -0.05) is 12.1 Å². The summed E-state index contributed by atoms with van der Waals surface area (Å²) in [6, 6.07) is 5.06. The number of carbonyl (C=O) groups excluding carboxylic acids is 2. The van der Waals surface area contributed by atoms with Crippen molar-refractivity contribution in [2.75, 3.05) is 0 Å². The first-order valence-corrected chi connectivity index (χ1v) is 5.74. The number of carboxylic acid groups (broad SMARTS) is 2. The van der Waals surface area contributed by atoms with Crippen LogP contribution in [0.1, 0.15) is 41.4 Å². The Labute approximate surface area is 116 Å². The van der Waals surface area contributed by atoms with E-state index in [0.717, 1.165) is 6.07 Å². The Hall–Kier alpha value is -3.22. The van der Waals surface area contributed by atoms with Gasteiger partial charge in [0.25, 0.3) is 0 Å². The molecule has 1 aliphatic heterocycles. The lowest BCUT2D eigenvalue weighted by atomic mass is 9.90. The van der Waals surface area contributed by atoms with Crippen LogP contribution >= 0.6 is 0 Å². The van der Waals surface area contributed by atoms with Gasteiger partial charge >= 0.3 is 23.9 Å². The SMILES string of the molecule is O=C(O)c1cc2c3c(cccc3c1C(=O)O)C(=O)OC2=O. The van der Waals surface area contributed by atoms with E-state index >= 15 is 0 Å². The number of hydrogen-bond acceptors (Lipinski definition) is 5. The Morgan fingerprint density at radius 1 is 0.952 bits per heavy atom. The molecule has 2 aromatic carbocycles. The third kappa shape index (κ3) is 1.68. The number of ether oxygens (including phenoxy) is 1. The zero-order valence-corrected chi connectivity index (χ0v) is 10.2. The van der Waals surface area contributed by atoms with Crippen LogP contribution in [0.4, 0.5) is 0 Å². The lowest BCUT2D eigenvalue weighted by molar-refractivity contribution is 0.0390. The van der Waals surface area contributed by atoms with Gasteiger partial charge in [0.2, 0.25) is 0 Å². The van der Waals surface area contributed by atoms with Crippen LogP contribution in [0.15, 0.2) is 24.3 Å². The maximum atomic E-state index is 11.8. The van der Waals surface area contributed by atoms with Gasteiger partial charge in [-0.25, -0.2) is 19.2 Å². The van der Waals surface area contributed by atoms with Crippen molar-refractivity contribution < 1.29 is 34.1 Å². The summed E-state index contributed by atoms with van der Waals surface area (Å²) in [7, 11) is 0. The summed E-state index contributed by atoms with van der Waals surface area (Å²) < 4.78 is 4.52. The van der Waals surface area contributed by atoms with Crippen LogP contribution in [-0.4, -0.2) is 34.1 Å². The molecule has 0 bridgehead atoms. The third-order valence-corrected chi connectivity index (χ3v) is 3.23. The van der Waals surface area contributed by atoms with E-state index in [0.29, 0.717) is 0 Å². The Balaban J connectivity index is 2.59. The molecular weight excluding hydrogens is 280 g/mol. The lowest BCUT2D eigenvalue weighted by Gasteiger charge is -2.17. The van der Waals surface area contributed by atoms with Crippen molar-refractivity contribution in [1.29, 1.82) is 0 Å². The maximum Gasteiger partial charge on any atom is 0.346 e. The molecule has 3 rings (SSSR count). The molecule has 104 valence electrons. The first kappa shape index (κ1) is 12.8. The first-order chi connectivity index (χ1) is 9.91. The molecule has 0 spiro atoms. The van der Waals surface area contributed by atoms with Gasteiger partial charge in [-0.2, -0.15) is 0 Å². The molecule has 0 aliphatic carbocycles. The van der Waals surface area contributed by atoms with E-state index in [9.17, 15) is 24.3 Å². The second-order valence-electron chi connectivity index (χ2n) is 4.36. The van der Waals surface area contributed by atoms with Crippen molar-refractivity contribution in [1.82, 2.24) is 0 Å². The molecule has 1 aliphatic rings. The van der Waals surface area contributed by atoms with E-state index in [1.807, 2.05) is 0 Å². The molecule has 1 heterocycles. The van der Waals surface area contributed by atoms with Gasteiger partial charge in [-0.15, -0.1) is 0 Å². The van der Waals surface area contributed by atoms with Crippen molar-refractivity contribution in [3.05, 3.63) is 46.5 Å². The van der Waals surface area contributed by atoms with E-state index in [1.165, 1.54) is 18.2 Å². The summed E-state index contributed by atoms with van der Waals surface area (Å²) in [6.07, 6.45) is 0. The van der Waals surface area contributed by atoms with Crippen LogP contribution < -0.4 is 0 Å². The number of hydrogen-bond donors (Lipinski definition) is 2. The normalized spacial score (nSPS) is 13.1. The summed E-state index contributed by atoms with van der Waals surface area (Å²) in [6.45, 7) is 0. The number of cyclic esters (lactones) is 2. The summed E-state index contributed by atoms with van der Waals surface area (Å²) in [5.74, 6) is -4.83. The van der Waals surface area contributed by atoms with Gasteiger partial charge < -0.3 is 14.9 Å². The highest BCUT2D eigenvalue weighted by Crippen LogP contribution is 2.33. The predicted molar refractivity (Wildman–Crippen MR) is 67.6 cm³/mol. The van der Waals surface area contributed by atoms with Crippen LogP contribution in [0, 0.1) is 0 Å². The van der Waals surface area contributed by atoms with E-state index in [-0.39, 0.29) is 21.9 Å². The van der Waals surface area contributed by atoms with Gasteiger partial charge in [0.15, 0.2) is 0 Å². The summed E-state index contributed by atoms with van der Waals surface area (Å²) in [4.78, 5) is 46.0. The number of rotatable bonds is 2. The minimum atomic E-state index is -1.49. The molecule has 7 heteroatoms. The van der Waals surface area contributed by atoms with Gasteiger partial charge in [-0.3, -0.25) is 0 Å². The molecular formula is C14H6O7. The third-order valence-electron chi connectivity index (χ3n) is 3.23. The molecule has 0 saturated heterocycles. The predicted octanol–water partition coefficient (Wildman–Crippen LogP) is 1.55. The average molecular weight is 286 g/mol. The molecule has 0 radical (unpaired) electrons. The largest absolute Gasteiger partial charge is 0.478 e. The second-order valence-corrected chi connectivity index (χ2v) is 4.36. The van der Waals surface area contributed by atoms with Crippen LogP contribution in [0.25, 0.3) is 10.8 Å². The van der Waals surface area contributed by atoms with Crippen molar-refractivity contribution in [2.45, 2.75) is 0 Å². The summed E-state index contributed by atoms with van der Waals surface area (Å²) >= 11 is 0. The van der Waals surface area contributed by atoms with Gasteiger partial charge in [0.1, 0.15) is 0 Å². The minimum absolute atomic E-state index is 0.0138. The Morgan fingerprint density at radius 2 is 1.62 bits per heavy atom. The quantitative estimate of drug-likeness (QED) is 0.635. The molecule has 0 amide bonds. The fraction of sp³-hybridized carbons (Fsp3) is 0. The van der Waals surface area contributed by atoms with Crippen LogP contribution in [0.2, 0.25) is 0 Å². The van der Waals surface area contributed by atoms with Gasteiger partial charge in [-0.05, 0) is 17.5 Å². The van der Waals surface area contributed by atoms with Gasteiger partial charge in [0, 0.05) is 5.39 Å². The van der Waals surface area contributed by atoms with E-state index in [2.05, 4.69) is 4.74 Å². The van der Waals surface area contributed by atoms with E-state index in [1.54, 1.807) is 0 Å². The van der Waals surface area contributed by atoms with Crippen molar-refractivity contribution >= 4 is 34.6 Å². The molecule has 2 N–H and O–H groups in total. The number of benzene rings is 2. The average Bonchev–Trinajstić information content (AvgIpc) is 2.42. The zero-order chi connectivity index (χ0) is 15.3. The molecule has 0 atom stereocenters. The Morgan fingerprint density at radius 3 is 2.24 bits per heavy atom. The van der Waals surface area contributed by atoms with Crippen LogP contribution in [0.5, 0.6) is 0 Å². The van der Waals surface area contributed by atoms with E-state index < -0.39 is 35.0 Å². The minimum Gasteiger partial charge on any atom is -0.478 e. The monoisotopic (exact) mass is 286 g/mol. The van der Waals surface area contributed by atoms with Gasteiger partial charge in [0.05, 0.1) is 22.3 Å². The maximum absolute atomic E-state index is 11.8. The highest BCUT2D eigenvalue weighted by Gasteiger charge is 2.32. The second kappa shape index (κ2) is 4.14. The van der Waals surface area contributed by atoms with Crippen LogP contribution in [0.3, 0.4) is 0 Å². The number of carboxylic acids is 2.